The number of rotatable bonds is 13. The molecule has 9 amide bonds. The van der Waals surface area contributed by atoms with Gasteiger partial charge in [0.25, 0.3) is 11.8 Å². The Kier molecular flexibility index (Phi) is 23.7. The predicted molar refractivity (Wildman–Crippen MR) is 236 cm³/mol. The van der Waals surface area contributed by atoms with Gasteiger partial charge in [0.15, 0.2) is 16.7 Å². The molecule has 0 radical (unpaired) electrons. The van der Waals surface area contributed by atoms with Crippen LogP contribution in [0.5, 0.6) is 0 Å². The molecule has 1 aromatic carbocycles. The first-order valence-corrected chi connectivity index (χ1v) is 21.6. The second-order valence-corrected chi connectivity index (χ2v) is 16.0. The number of guanidine groups is 1. The number of thioether (sulfide) groups is 1. The highest BCUT2D eigenvalue weighted by Gasteiger charge is 2.32. The summed E-state index contributed by atoms with van der Waals surface area (Å²) in [6.45, 7) is -0.515. The van der Waals surface area contributed by atoms with Crippen LogP contribution in [0.2, 0.25) is 0 Å². The molecular weight excluding hydrogens is 887 g/mol. The summed E-state index contributed by atoms with van der Waals surface area (Å²) in [5.41, 5.74) is 22.5. The first kappa shape index (κ1) is 53.3. The highest BCUT2D eigenvalue weighted by molar-refractivity contribution is 8.00. The molecule has 1 aliphatic rings. The van der Waals surface area contributed by atoms with Crippen molar-refractivity contribution in [3.8, 4) is 0 Å². The Morgan fingerprint density at radius 3 is 1.83 bits per heavy atom. The summed E-state index contributed by atoms with van der Waals surface area (Å²) in [4.78, 5) is 134. The van der Waals surface area contributed by atoms with Crippen molar-refractivity contribution in [2.24, 2.45) is 27.9 Å². The van der Waals surface area contributed by atoms with E-state index in [1.54, 1.807) is 30.3 Å². The van der Waals surface area contributed by atoms with Gasteiger partial charge in [-0.15, -0.1) is 37.0 Å². The van der Waals surface area contributed by atoms with E-state index < -0.39 is 113 Å². The second-order valence-electron chi connectivity index (χ2n) is 13.9. The van der Waals surface area contributed by atoms with Gasteiger partial charge < -0.3 is 70.6 Å². The number of hydrogen-bond acceptors (Lipinski definition) is 15. The number of carboxylic acids is 1. The molecule has 1 saturated heterocycles. The van der Waals surface area contributed by atoms with Crippen LogP contribution in [0.15, 0.2) is 35.3 Å². The van der Waals surface area contributed by atoms with E-state index in [4.69, 9.17) is 22.9 Å². The molecule has 0 bridgehead atoms. The molecule has 0 aliphatic carbocycles. The molecule has 0 spiro atoms. The van der Waals surface area contributed by atoms with Gasteiger partial charge in [-0.25, -0.2) is 0 Å². The number of carbonyl (C=O) groups excluding carboxylic acids is 9. The Balaban J connectivity index is 2.49. The number of unbranched alkanes of at least 4 members (excludes halogenated alkanes) is 1. The van der Waals surface area contributed by atoms with Crippen molar-refractivity contribution in [3.05, 3.63) is 35.9 Å². The first-order valence-electron chi connectivity index (χ1n) is 19.4. The number of carboxylic acid groups (broad SMARTS) is 1. The number of carbonyl (C=O) groups is 10. The minimum atomic E-state index is -1.81. The van der Waals surface area contributed by atoms with Gasteiger partial charge in [-0.2, -0.15) is 0 Å². The standard InChI is InChI=1S/C36H55N13O11S3/c37-11-5-4-9-20-29(56)48-34(61)32(59)45-19(10-6-12-41-36(39)40)28(55)42-15-24(50)44-22(14-26(52)53)31(58)49-35(62)33(60)46-21(13-18-7-2-1-3-8-18)30(57)47-23(27(38)54)16-63-17-25(51)43-20/h1-3,7-8,19-23,34-35,61-62H,4-6,9-17,37H2,(H2,38,54)(H,42,55)(H,43,51)(H,44,50)(H,45,59)(H,46,60)(H,47,57)(H,48,56)(H,49,58)(H,52,53)(H4,39,40,41)/t19-,20-,21-,22-,23-,34?,35?/m0/s1. The number of amides is 9. The monoisotopic (exact) mass is 941 g/mol. The molecule has 24 nitrogen and oxygen atoms in total. The third kappa shape index (κ3) is 20.7. The van der Waals surface area contributed by atoms with Crippen molar-refractivity contribution in [2.45, 2.75) is 85.9 Å². The van der Waals surface area contributed by atoms with Gasteiger partial charge in [-0.1, -0.05) is 30.3 Å². The van der Waals surface area contributed by atoms with E-state index in [0.29, 0.717) is 18.4 Å². The molecule has 17 N–H and O–H groups in total. The van der Waals surface area contributed by atoms with Crippen molar-refractivity contribution in [3.63, 3.8) is 0 Å². The van der Waals surface area contributed by atoms with Crippen LogP contribution in [0.25, 0.3) is 0 Å². The number of hydrogen-bond donors (Lipinski definition) is 15. The molecule has 348 valence electrons. The quantitative estimate of drug-likeness (QED) is 0.0380. The highest BCUT2D eigenvalue weighted by Crippen LogP contribution is 2.10. The Bertz CT molecular complexity index is 1830. The lowest BCUT2D eigenvalue weighted by Crippen LogP contribution is -2.58. The lowest BCUT2D eigenvalue weighted by Gasteiger charge is -2.24. The number of nitrogens with two attached hydrogens (primary N) is 4. The second kappa shape index (κ2) is 28.0. The third-order valence-electron chi connectivity index (χ3n) is 8.78. The molecule has 63 heavy (non-hydrogen) atoms. The van der Waals surface area contributed by atoms with E-state index in [1.165, 1.54) is 0 Å². The summed E-state index contributed by atoms with van der Waals surface area (Å²) in [6.07, 6.45) is -0.0994. The van der Waals surface area contributed by atoms with E-state index >= 15 is 0 Å². The zero-order chi connectivity index (χ0) is 47.1. The molecule has 0 aromatic heterocycles. The summed E-state index contributed by atoms with van der Waals surface area (Å²) >= 11 is 9.17. The summed E-state index contributed by atoms with van der Waals surface area (Å²) < 4.78 is 0. The van der Waals surface area contributed by atoms with Gasteiger partial charge >= 0.3 is 5.97 Å². The molecule has 7 atom stereocenters. The molecule has 2 rings (SSSR count). The summed E-state index contributed by atoms with van der Waals surface area (Å²) in [5, 5.41) is 25.0. The summed E-state index contributed by atoms with van der Waals surface area (Å²) in [5.74, 6) is -10.9. The van der Waals surface area contributed by atoms with Gasteiger partial charge in [0.05, 0.1) is 18.7 Å². The van der Waals surface area contributed by atoms with Gasteiger partial charge in [0.1, 0.15) is 30.2 Å². The van der Waals surface area contributed by atoms with Crippen LogP contribution in [0, 0.1) is 0 Å². The van der Waals surface area contributed by atoms with E-state index in [2.05, 4.69) is 72.8 Å². The van der Waals surface area contributed by atoms with Crippen LogP contribution in [0.3, 0.4) is 0 Å². The molecule has 27 heteroatoms. The molecule has 1 fully saturated rings. The van der Waals surface area contributed by atoms with Crippen molar-refractivity contribution in [1.82, 2.24) is 42.5 Å². The van der Waals surface area contributed by atoms with Crippen LogP contribution >= 0.6 is 37.0 Å². The molecule has 0 saturated carbocycles. The number of nitrogens with zero attached hydrogens (tertiary/aromatic N) is 1. The average Bonchev–Trinajstić information content (AvgIpc) is 3.22. The fourth-order valence-electron chi connectivity index (χ4n) is 5.59. The number of thiol groups is 2. The maximum atomic E-state index is 13.6. The van der Waals surface area contributed by atoms with Crippen LogP contribution in [0.4, 0.5) is 0 Å². The van der Waals surface area contributed by atoms with Gasteiger partial charge in [-0.3, -0.25) is 52.9 Å². The minimum absolute atomic E-state index is 0.0335. The SMILES string of the molecule is NCCCC[C@@H]1NC(=O)CSC[C@@H](C(N)=O)NC(=O)[C@H](Cc2ccccc2)NC(=O)C(S)NC(=O)[C@H](CC(=O)O)NC(=O)CNC(=O)[C@H](CCCN=C(N)N)NC(=O)C(S)NC1=O. The normalized spacial score (nSPS) is 24.3. The molecule has 2 unspecified atom stereocenters. The summed E-state index contributed by atoms with van der Waals surface area (Å²) in [7, 11) is 0. The van der Waals surface area contributed by atoms with E-state index in [9.17, 15) is 53.1 Å². The zero-order valence-electron chi connectivity index (χ0n) is 34.0. The molecule has 1 aromatic rings. The Morgan fingerprint density at radius 2 is 1.24 bits per heavy atom. The molecule has 1 aliphatic heterocycles. The summed E-state index contributed by atoms with van der Waals surface area (Å²) in [6, 6.07) is 1.23. The average molecular weight is 942 g/mol. The molecule has 1 heterocycles. The van der Waals surface area contributed by atoms with Gasteiger partial charge in [0, 0.05) is 18.7 Å². The number of nitrogens with one attached hydrogen (secondary N) is 8. The van der Waals surface area contributed by atoms with Crippen molar-refractivity contribution < 1.29 is 53.1 Å². The van der Waals surface area contributed by atoms with Crippen molar-refractivity contribution in [1.29, 1.82) is 0 Å². The topological polar surface area (TPSA) is 404 Å². The number of aliphatic carboxylic acids is 1. The van der Waals surface area contributed by atoms with Gasteiger partial charge in [-0.05, 0) is 44.2 Å². The third-order valence-corrected chi connectivity index (χ3v) is 10.5. The van der Waals surface area contributed by atoms with Crippen LogP contribution < -0.4 is 65.5 Å². The van der Waals surface area contributed by atoms with E-state index in [-0.39, 0.29) is 56.2 Å². The maximum Gasteiger partial charge on any atom is 0.305 e. The van der Waals surface area contributed by atoms with Crippen molar-refractivity contribution in [2.75, 3.05) is 31.1 Å². The van der Waals surface area contributed by atoms with Crippen molar-refractivity contribution >= 4 is 102 Å². The lowest BCUT2D eigenvalue weighted by molar-refractivity contribution is -0.141. The Labute approximate surface area is 377 Å². The number of primary amides is 1. The predicted octanol–water partition coefficient (Wildman–Crippen LogP) is -5.60. The highest BCUT2D eigenvalue weighted by atomic mass is 32.2. The number of benzene rings is 1. The molecular formula is C36H55N13O11S3. The lowest BCUT2D eigenvalue weighted by atomic mass is 10.0. The zero-order valence-corrected chi connectivity index (χ0v) is 36.6. The maximum absolute atomic E-state index is 13.6. The van der Waals surface area contributed by atoms with E-state index in [0.717, 1.165) is 11.8 Å². The first-order chi connectivity index (χ1) is 29.8. The largest absolute Gasteiger partial charge is 0.481 e. The van der Waals surface area contributed by atoms with Crippen LogP contribution in [0.1, 0.15) is 44.1 Å². The number of aliphatic imine (C=N–C) groups is 1. The fraction of sp³-hybridized carbons (Fsp3) is 0.528. The fourth-order valence-corrected chi connectivity index (χ4v) is 6.86. The Morgan fingerprint density at radius 1 is 0.683 bits per heavy atom. The van der Waals surface area contributed by atoms with E-state index in [1.807, 2.05) is 0 Å². The van der Waals surface area contributed by atoms with Crippen LogP contribution in [-0.2, 0) is 54.4 Å². The van der Waals surface area contributed by atoms with Gasteiger partial charge in [0.2, 0.25) is 41.4 Å². The Hall–Kier alpha value is -5.80. The smallest absolute Gasteiger partial charge is 0.305 e. The minimum Gasteiger partial charge on any atom is -0.481 e. The van der Waals surface area contributed by atoms with Crippen LogP contribution in [-0.4, -0.2) is 142 Å².